The second-order valence-electron chi connectivity index (χ2n) is 6.85. The van der Waals surface area contributed by atoms with Crippen LogP contribution in [0.5, 0.6) is 0 Å². The van der Waals surface area contributed by atoms with Gasteiger partial charge in [0.25, 0.3) is 6.47 Å². The summed E-state index contributed by atoms with van der Waals surface area (Å²) < 4.78 is 5.65. The summed E-state index contributed by atoms with van der Waals surface area (Å²) in [6.45, 7) is 4.89. The fourth-order valence-corrected chi connectivity index (χ4v) is 3.65. The minimum absolute atomic E-state index is 0.225. The van der Waals surface area contributed by atoms with Crippen LogP contribution in [0, 0.1) is 0 Å². The first-order chi connectivity index (χ1) is 12.1. The van der Waals surface area contributed by atoms with E-state index in [-0.39, 0.29) is 11.5 Å². The second kappa shape index (κ2) is 8.82. The smallest absolute Gasteiger partial charge is 0.293 e. The van der Waals surface area contributed by atoms with Gasteiger partial charge in [-0.25, -0.2) is 0 Å². The van der Waals surface area contributed by atoms with Gasteiger partial charge in [0.05, 0.1) is 5.41 Å². The molecular weight excluding hydrogens is 310 g/mol. The van der Waals surface area contributed by atoms with Crippen molar-refractivity contribution >= 4 is 6.47 Å². The number of benzene rings is 2. The van der Waals surface area contributed by atoms with Crippen LogP contribution in [0.3, 0.4) is 0 Å². The molecule has 0 saturated heterocycles. The zero-order valence-corrected chi connectivity index (χ0v) is 15.7. The Morgan fingerprint density at radius 1 is 1.00 bits per heavy atom. The highest BCUT2D eigenvalue weighted by Gasteiger charge is 2.44. The minimum Gasteiger partial charge on any atom is -0.463 e. The van der Waals surface area contributed by atoms with E-state index in [1.807, 2.05) is 12.1 Å². The average Bonchev–Trinajstić information content (AvgIpc) is 2.65. The van der Waals surface area contributed by atoms with Gasteiger partial charge in [0, 0.05) is 6.04 Å². The number of ether oxygens (including phenoxy) is 1. The molecule has 25 heavy (non-hydrogen) atoms. The highest BCUT2D eigenvalue weighted by Crippen LogP contribution is 2.43. The lowest BCUT2D eigenvalue weighted by molar-refractivity contribution is -0.137. The summed E-state index contributed by atoms with van der Waals surface area (Å²) in [6, 6.07) is 21.2. The van der Waals surface area contributed by atoms with E-state index in [9.17, 15) is 4.79 Å². The third-order valence-electron chi connectivity index (χ3n) is 5.22. The lowest BCUT2D eigenvalue weighted by Gasteiger charge is -2.43. The first-order valence-electron chi connectivity index (χ1n) is 8.92. The highest BCUT2D eigenvalue weighted by atomic mass is 16.5. The van der Waals surface area contributed by atoms with Crippen molar-refractivity contribution in [2.75, 3.05) is 14.1 Å². The van der Waals surface area contributed by atoms with Crippen LogP contribution in [0.1, 0.15) is 37.8 Å². The topological polar surface area (TPSA) is 29.5 Å². The third-order valence-corrected chi connectivity index (χ3v) is 5.22. The van der Waals surface area contributed by atoms with Gasteiger partial charge in [-0.2, -0.15) is 0 Å². The van der Waals surface area contributed by atoms with E-state index in [1.54, 1.807) is 0 Å². The highest BCUT2D eigenvalue weighted by molar-refractivity contribution is 5.45. The maximum Gasteiger partial charge on any atom is 0.293 e. The van der Waals surface area contributed by atoms with Gasteiger partial charge < -0.3 is 9.64 Å². The first kappa shape index (κ1) is 19.2. The number of hydrogen-bond acceptors (Lipinski definition) is 3. The standard InChI is InChI=1S/C22H29NO2/c1-5-21(25-17-24)22(16-18(2)23(3)4,19-12-8-6-9-13-19)20-14-10-7-11-15-20/h6-15,17-18,21H,5,16H2,1-4H3. The van der Waals surface area contributed by atoms with E-state index in [0.29, 0.717) is 12.5 Å². The van der Waals surface area contributed by atoms with Crippen LogP contribution in [0.4, 0.5) is 0 Å². The largest absolute Gasteiger partial charge is 0.463 e. The third kappa shape index (κ3) is 4.10. The van der Waals surface area contributed by atoms with Crippen LogP contribution in [0.2, 0.25) is 0 Å². The van der Waals surface area contributed by atoms with Crippen molar-refractivity contribution in [2.45, 2.75) is 44.2 Å². The Labute approximate surface area is 151 Å². The molecule has 3 nitrogen and oxygen atoms in total. The van der Waals surface area contributed by atoms with E-state index < -0.39 is 0 Å². The molecule has 2 rings (SSSR count). The fraction of sp³-hybridized carbons (Fsp3) is 0.409. The Kier molecular flexibility index (Phi) is 6.77. The van der Waals surface area contributed by atoms with Crippen LogP contribution in [-0.4, -0.2) is 37.6 Å². The summed E-state index contributed by atoms with van der Waals surface area (Å²) in [5, 5.41) is 0. The van der Waals surface area contributed by atoms with E-state index in [2.05, 4.69) is 81.4 Å². The van der Waals surface area contributed by atoms with Gasteiger partial charge in [-0.1, -0.05) is 67.6 Å². The van der Waals surface area contributed by atoms with Gasteiger partial charge in [0.1, 0.15) is 6.10 Å². The molecule has 0 aliphatic rings. The van der Waals surface area contributed by atoms with Crippen LogP contribution in [0.15, 0.2) is 60.7 Å². The van der Waals surface area contributed by atoms with Crippen LogP contribution < -0.4 is 0 Å². The molecule has 0 aliphatic carbocycles. The molecule has 0 N–H and O–H groups in total. The molecule has 2 aromatic rings. The normalized spacial score (nSPS) is 14.1. The molecule has 0 fully saturated rings. The van der Waals surface area contributed by atoms with Crippen molar-refractivity contribution in [3.63, 3.8) is 0 Å². The predicted molar refractivity (Wildman–Crippen MR) is 103 cm³/mol. The van der Waals surface area contributed by atoms with Crippen molar-refractivity contribution in [1.82, 2.24) is 4.90 Å². The van der Waals surface area contributed by atoms with Crippen LogP contribution in [-0.2, 0) is 14.9 Å². The molecule has 2 aromatic carbocycles. The maximum atomic E-state index is 11.3. The lowest BCUT2D eigenvalue weighted by Crippen LogP contribution is -2.46. The zero-order valence-electron chi connectivity index (χ0n) is 15.7. The maximum absolute atomic E-state index is 11.3. The molecule has 0 aliphatic heterocycles. The van der Waals surface area contributed by atoms with Crippen LogP contribution in [0.25, 0.3) is 0 Å². The van der Waals surface area contributed by atoms with E-state index >= 15 is 0 Å². The van der Waals surface area contributed by atoms with Crippen molar-refractivity contribution in [1.29, 1.82) is 0 Å². The SMILES string of the molecule is CCC(OC=O)C(CC(C)N(C)C)(c1ccccc1)c1ccccc1. The summed E-state index contributed by atoms with van der Waals surface area (Å²) in [6.07, 6.45) is 1.39. The monoisotopic (exact) mass is 339 g/mol. The average molecular weight is 339 g/mol. The quantitative estimate of drug-likeness (QED) is 0.639. The van der Waals surface area contributed by atoms with Crippen LogP contribution >= 0.6 is 0 Å². The summed E-state index contributed by atoms with van der Waals surface area (Å²) >= 11 is 0. The Bertz CT molecular complexity index is 600. The summed E-state index contributed by atoms with van der Waals surface area (Å²) in [5.41, 5.74) is 1.98. The number of carbonyl (C=O) groups is 1. The van der Waals surface area contributed by atoms with Crippen molar-refractivity contribution in [3.05, 3.63) is 71.8 Å². The van der Waals surface area contributed by atoms with Gasteiger partial charge in [-0.05, 0) is 45.0 Å². The molecule has 0 spiro atoms. The molecule has 0 radical (unpaired) electrons. The van der Waals surface area contributed by atoms with Gasteiger partial charge in [0.2, 0.25) is 0 Å². The molecule has 0 saturated carbocycles. The molecule has 3 heteroatoms. The minimum atomic E-state index is -0.387. The fourth-order valence-electron chi connectivity index (χ4n) is 3.65. The molecule has 0 amide bonds. The Morgan fingerprint density at radius 3 is 1.84 bits per heavy atom. The van der Waals surface area contributed by atoms with Crippen molar-refractivity contribution in [3.8, 4) is 0 Å². The Balaban J connectivity index is 2.70. The van der Waals surface area contributed by atoms with Gasteiger partial charge in [-0.3, -0.25) is 4.79 Å². The lowest BCUT2D eigenvalue weighted by atomic mass is 9.66. The van der Waals surface area contributed by atoms with Gasteiger partial charge in [-0.15, -0.1) is 0 Å². The predicted octanol–water partition coefficient (Wildman–Crippen LogP) is 4.26. The number of hydrogen-bond donors (Lipinski definition) is 0. The van der Waals surface area contributed by atoms with Crippen molar-refractivity contribution < 1.29 is 9.53 Å². The summed E-state index contributed by atoms with van der Waals surface area (Å²) in [7, 11) is 4.18. The second-order valence-corrected chi connectivity index (χ2v) is 6.85. The zero-order chi connectivity index (χ0) is 18.3. The number of nitrogens with zero attached hydrogens (tertiary/aromatic N) is 1. The van der Waals surface area contributed by atoms with Gasteiger partial charge >= 0.3 is 0 Å². The number of carbonyl (C=O) groups excluding carboxylic acids is 1. The Hall–Kier alpha value is -2.13. The molecule has 0 bridgehead atoms. The Morgan fingerprint density at radius 2 is 1.48 bits per heavy atom. The van der Waals surface area contributed by atoms with E-state index in [1.165, 1.54) is 11.1 Å². The molecule has 2 unspecified atom stereocenters. The first-order valence-corrected chi connectivity index (χ1v) is 8.92. The number of rotatable bonds is 9. The van der Waals surface area contributed by atoms with Gasteiger partial charge in [0.15, 0.2) is 0 Å². The molecule has 0 heterocycles. The molecular formula is C22H29NO2. The molecule has 0 aromatic heterocycles. The summed E-state index contributed by atoms with van der Waals surface area (Å²) in [4.78, 5) is 13.5. The molecule has 134 valence electrons. The van der Waals surface area contributed by atoms with E-state index in [4.69, 9.17) is 4.74 Å². The van der Waals surface area contributed by atoms with Crippen molar-refractivity contribution in [2.24, 2.45) is 0 Å². The van der Waals surface area contributed by atoms with E-state index in [0.717, 1.165) is 12.8 Å². The summed E-state index contributed by atoms with van der Waals surface area (Å²) in [5.74, 6) is 0. The molecule has 2 atom stereocenters.